The van der Waals surface area contributed by atoms with Gasteiger partial charge in [-0.3, -0.25) is 4.90 Å². The maximum atomic E-state index is 10.4. The number of benzene rings is 1. The molecule has 0 radical (unpaired) electrons. The minimum absolute atomic E-state index is 0.302. The number of nitrogens with zero attached hydrogens (tertiary/aromatic N) is 4. The van der Waals surface area contributed by atoms with E-state index in [4.69, 9.17) is 0 Å². The summed E-state index contributed by atoms with van der Waals surface area (Å²) in [6.07, 6.45) is 7.76. The van der Waals surface area contributed by atoms with E-state index in [1.807, 2.05) is 24.8 Å². The second kappa shape index (κ2) is 8.42. The topological polar surface area (TPSA) is 44.5 Å². The Labute approximate surface area is 144 Å². The number of likely N-dealkylation sites (N-methyl/N-ethyl adjacent to an activating group) is 1. The fourth-order valence-corrected chi connectivity index (χ4v) is 3.56. The second-order valence-electron chi connectivity index (χ2n) is 6.88. The highest BCUT2D eigenvalue weighted by Gasteiger charge is 2.22. The molecule has 0 spiro atoms. The third-order valence-electron chi connectivity index (χ3n) is 4.79. The summed E-state index contributed by atoms with van der Waals surface area (Å²) in [5, 5.41) is 10.4. The molecule has 1 aliphatic heterocycles. The predicted molar refractivity (Wildman–Crippen MR) is 95.7 cm³/mol. The van der Waals surface area contributed by atoms with Crippen LogP contribution in [0, 0.1) is 0 Å². The lowest BCUT2D eigenvalue weighted by molar-refractivity contribution is 0.0657. The highest BCUT2D eigenvalue weighted by Crippen LogP contribution is 2.22. The average molecular weight is 328 g/mol. The first kappa shape index (κ1) is 17.1. The molecule has 24 heavy (non-hydrogen) atoms. The van der Waals surface area contributed by atoms with Crippen LogP contribution in [-0.4, -0.2) is 63.8 Å². The van der Waals surface area contributed by atoms with Crippen molar-refractivity contribution in [2.45, 2.75) is 31.5 Å². The molecule has 1 atom stereocenters. The second-order valence-corrected chi connectivity index (χ2v) is 6.88. The molecule has 0 saturated carbocycles. The van der Waals surface area contributed by atoms with Gasteiger partial charge < -0.3 is 14.6 Å². The first-order valence-corrected chi connectivity index (χ1v) is 8.81. The van der Waals surface area contributed by atoms with E-state index in [9.17, 15) is 5.11 Å². The summed E-state index contributed by atoms with van der Waals surface area (Å²) in [7, 11) is 2.07. The van der Waals surface area contributed by atoms with Gasteiger partial charge >= 0.3 is 0 Å². The van der Waals surface area contributed by atoms with Gasteiger partial charge in [-0.1, -0.05) is 30.3 Å². The number of β-amino-alcohol motifs (C(OH)–C–C–N with tert-alkyl or cyclic N) is 1. The quantitative estimate of drug-likeness (QED) is 0.844. The third kappa shape index (κ3) is 4.90. The van der Waals surface area contributed by atoms with Crippen molar-refractivity contribution in [3.8, 4) is 0 Å². The summed E-state index contributed by atoms with van der Waals surface area (Å²) >= 11 is 0. The van der Waals surface area contributed by atoms with Gasteiger partial charge in [0, 0.05) is 51.2 Å². The molecule has 1 saturated heterocycles. The van der Waals surface area contributed by atoms with Gasteiger partial charge in [-0.15, -0.1) is 0 Å². The molecule has 130 valence electrons. The van der Waals surface area contributed by atoms with E-state index >= 15 is 0 Å². The molecule has 1 N–H and O–H groups in total. The molecule has 0 bridgehead atoms. The molecule has 1 aromatic heterocycles. The summed E-state index contributed by atoms with van der Waals surface area (Å²) in [5.74, 6) is 0. The van der Waals surface area contributed by atoms with Crippen LogP contribution in [-0.2, 0) is 6.54 Å². The van der Waals surface area contributed by atoms with Gasteiger partial charge in [-0.25, -0.2) is 4.98 Å². The molecular formula is C19H28N4O. The highest BCUT2D eigenvalue weighted by molar-refractivity contribution is 5.14. The first-order chi connectivity index (χ1) is 11.7. The number of aromatic nitrogens is 2. The largest absolute Gasteiger partial charge is 0.390 e. The van der Waals surface area contributed by atoms with Crippen molar-refractivity contribution in [3.05, 3.63) is 54.6 Å². The van der Waals surface area contributed by atoms with Gasteiger partial charge in [-0.05, 0) is 25.5 Å². The van der Waals surface area contributed by atoms with Crippen molar-refractivity contribution in [1.82, 2.24) is 19.4 Å². The van der Waals surface area contributed by atoms with Gasteiger partial charge in [0.25, 0.3) is 0 Å². The zero-order valence-electron chi connectivity index (χ0n) is 14.5. The maximum Gasteiger partial charge on any atom is 0.0948 e. The SMILES string of the molecule is CN(Cc1ccccc1)CC(O)CN1CCC(n2ccnc2)CC1. The summed E-state index contributed by atoms with van der Waals surface area (Å²) in [5.41, 5.74) is 1.29. The highest BCUT2D eigenvalue weighted by atomic mass is 16.3. The minimum atomic E-state index is -0.302. The van der Waals surface area contributed by atoms with E-state index in [2.05, 4.69) is 50.7 Å². The van der Waals surface area contributed by atoms with E-state index in [1.54, 1.807) is 0 Å². The predicted octanol–water partition coefficient (Wildman–Crippen LogP) is 2.01. The average Bonchev–Trinajstić information content (AvgIpc) is 3.10. The van der Waals surface area contributed by atoms with Crippen molar-refractivity contribution >= 4 is 0 Å². The Morgan fingerprint density at radius 2 is 2.00 bits per heavy atom. The normalized spacial score (nSPS) is 18.1. The lowest BCUT2D eigenvalue weighted by Gasteiger charge is -2.34. The molecule has 2 aromatic rings. The molecule has 5 heteroatoms. The zero-order chi connectivity index (χ0) is 16.8. The maximum absolute atomic E-state index is 10.4. The number of piperidine rings is 1. The Hall–Kier alpha value is -1.69. The standard InChI is InChI=1S/C19H28N4O/c1-21(13-17-5-3-2-4-6-17)14-19(24)15-22-10-7-18(8-11-22)23-12-9-20-16-23/h2-6,9,12,16,18-19,24H,7-8,10-11,13-15H2,1H3. The number of hydrogen-bond donors (Lipinski definition) is 1. The minimum Gasteiger partial charge on any atom is -0.390 e. The summed E-state index contributed by atoms with van der Waals surface area (Å²) in [6, 6.07) is 11.0. The molecular weight excluding hydrogens is 300 g/mol. The van der Waals surface area contributed by atoms with Crippen molar-refractivity contribution in [2.24, 2.45) is 0 Å². The summed E-state index contributed by atoms with van der Waals surface area (Å²) in [4.78, 5) is 8.71. The van der Waals surface area contributed by atoms with E-state index in [0.29, 0.717) is 12.6 Å². The Bertz CT molecular complexity index is 579. The van der Waals surface area contributed by atoms with E-state index in [1.165, 1.54) is 5.56 Å². The Kier molecular flexibility index (Phi) is 6.01. The molecule has 3 rings (SSSR count). The van der Waals surface area contributed by atoms with Crippen LogP contribution in [0.25, 0.3) is 0 Å². The fourth-order valence-electron chi connectivity index (χ4n) is 3.56. The number of aliphatic hydroxyl groups excluding tert-OH is 1. The molecule has 1 fully saturated rings. The smallest absolute Gasteiger partial charge is 0.0948 e. The molecule has 0 aliphatic carbocycles. The lowest BCUT2D eigenvalue weighted by atomic mass is 10.0. The monoisotopic (exact) mass is 328 g/mol. The van der Waals surface area contributed by atoms with Gasteiger partial charge in [0.1, 0.15) is 0 Å². The van der Waals surface area contributed by atoms with Crippen LogP contribution in [0.3, 0.4) is 0 Å². The number of hydrogen-bond acceptors (Lipinski definition) is 4. The van der Waals surface area contributed by atoms with E-state index in [0.717, 1.165) is 39.0 Å². The van der Waals surface area contributed by atoms with Gasteiger partial charge in [0.05, 0.1) is 12.4 Å². The van der Waals surface area contributed by atoms with Gasteiger partial charge in [0.2, 0.25) is 0 Å². The van der Waals surface area contributed by atoms with Gasteiger partial charge in [-0.2, -0.15) is 0 Å². The number of aliphatic hydroxyl groups is 1. The van der Waals surface area contributed by atoms with Crippen LogP contribution < -0.4 is 0 Å². The van der Waals surface area contributed by atoms with E-state index in [-0.39, 0.29) is 6.10 Å². The molecule has 1 unspecified atom stereocenters. The van der Waals surface area contributed by atoms with Gasteiger partial charge in [0.15, 0.2) is 0 Å². The zero-order valence-corrected chi connectivity index (χ0v) is 14.5. The van der Waals surface area contributed by atoms with E-state index < -0.39 is 0 Å². The molecule has 5 nitrogen and oxygen atoms in total. The molecule has 0 amide bonds. The fraction of sp³-hybridized carbons (Fsp3) is 0.526. The van der Waals surface area contributed by atoms with Crippen molar-refractivity contribution < 1.29 is 5.11 Å². The van der Waals surface area contributed by atoms with Crippen LogP contribution >= 0.6 is 0 Å². The molecule has 2 heterocycles. The number of likely N-dealkylation sites (tertiary alicyclic amines) is 1. The Morgan fingerprint density at radius 3 is 2.67 bits per heavy atom. The number of rotatable bonds is 7. The Morgan fingerprint density at radius 1 is 1.25 bits per heavy atom. The lowest BCUT2D eigenvalue weighted by Crippen LogP contribution is -2.42. The van der Waals surface area contributed by atoms with Crippen molar-refractivity contribution in [1.29, 1.82) is 0 Å². The Balaban J connectivity index is 1.38. The van der Waals surface area contributed by atoms with Crippen LogP contribution in [0.2, 0.25) is 0 Å². The van der Waals surface area contributed by atoms with Crippen LogP contribution in [0.5, 0.6) is 0 Å². The first-order valence-electron chi connectivity index (χ1n) is 8.81. The third-order valence-corrected chi connectivity index (χ3v) is 4.79. The molecule has 1 aromatic carbocycles. The molecule has 1 aliphatic rings. The van der Waals surface area contributed by atoms with Crippen molar-refractivity contribution in [2.75, 3.05) is 33.2 Å². The van der Waals surface area contributed by atoms with Crippen LogP contribution in [0.1, 0.15) is 24.4 Å². The van der Waals surface area contributed by atoms with Crippen LogP contribution in [0.15, 0.2) is 49.1 Å². The summed E-state index contributed by atoms with van der Waals surface area (Å²) in [6.45, 7) is 4.43. The number of imidazole rings is 1. The summed E-state index contributed by atoms with van der Waals surface area (Å²) < 4.78 is 2.21. The van der Waals surface area contributed by atoms with Crippen molar-refractivity contribution in [3.63, 3.8) is 0 Å². The van der Waals surface area contributed by atoms with Crippen LogP contribution in [0.4, 0.5) is 0 Å².